The Labute approximate surface area is 638 Å². The molecule has 19 heteroatoms. The molecule has 0 bridgehead atoms. The zero-order valence-corrected chi connectivity index (χ0v) is 70.3. The van der Waals surface area contributed by atoms with Gasteiger partial charge in [-0.25, -0.2) is 9.13 Å². The number of carbonyl (C=O) groups excluding carboxylic acids is 4. The van der Waals surface area contributed by atoms with E-state index in [2.05, 4.69) is 48.5 Å². The van der Waals surface area contributed by atoms with Crippen LogP contribution in [0.1, 0.15) is 447 Å². The molecule has 0 aliphatic carbocycles. The maximum atomic E-state index is 13.1. The van der Waals surface area contributed by atoms with Crippen LogP contribution in [0.5, 0.6) is 0 Å². The molecule has 0 aliphatic heterocycles. The third-order valence-corrected chi connectivity index (χ3v) is 21.8. The van der Waals surface area contributed by atoms with Gasteiger partial charge in [-0.15, -0.1) is 0 Å². The third kappa shape index (κ3) is 78.2. The lowest BCUT2D eigenvalue weighted by Crippen LogP contribution is -2.30. The van der Waals surface area contributed by atoms with Crippen LogP contribution in [0.4, 0.5) is 0 Å². The molecule has 0 spiro atoms. The van der Waals surface area contributed by atoms with E-state index in [0.29, 0.717) is 31.6 Å². The number of esters is 4. The van der Waals surface area contributed by atoms with E-state index in [-0.39, 0.29) is 25.7 Å². The third-order valence-electron chi connectivity index (χ3n) is 19.9. The summed E-state index contributed by atoms with van der Waals surface area (Å²) in [4.78, 5) is 73.2. The van der Waals surface area contributed by atoms with Gasteiger partial charge in [0.2, 0.25) is 0 Å². The fourth-order valence-corrected chi connectivity index (χ4v) is 14.8. The minimum atomic E-state index is -4.97. The van der Waals surface area contributed by atoms with Crippen molar-refractivity contribution in [3.05, 3.63) is 0 Å². The number of phosphoric ester groups is 2. The second-order valence-electron chi connectivity index (χ2n) is 32.0. The Hall–Kier alpha value is -1.94. The predicted octanol–water partition coefficient (Wildman–Crippen LogP) is 25.7. The zero-order chi connectivity index (χ0) is 76.5. The normalized spacial score (nSPS) is 13.9. The van der Waals surface area contributed by atoms with Crippen LogP contribution in [0.25, 0.3) is 0 Å². The molecule has 0 fully saturated rings. The standard InChI is InChI=1S/C85H166O17P2/c1-8-9-10-11-12-13-14-15-16-17-18-19-20-21-24-28-34-39-46-54-61-68-84(89)101-80(72-95-82(87)66-59-52-45-38-33-27-25-22-23-26-31-36-42-49-56-63-76(2)3)74-99-103(91,92)97-70-79(86)71-98-104(93,94)100-75-81(73-96-83(88)67-60-53-48-41-44-51-58-65-78(6)7)102-85(90)69-62-55-47-40-35-30-29-32-37-43-50-57-64-77(4)5/h76-81,86H,8-75H2,1-7H3,(H,91,92)(H,93,94)/t79-,80-,81-/m1/s1. The number of carbonyl (C=O) groups is 4. The Kier molecular flexibility index (Phi) is 73.7. The molecule has 0 radical (unpaired) electrons. The summed E-state index contributed by atoms with van der Waals surface area (Å²) >= 11 is 0. The van der Waals surface area contributed by atoms with Gasteiger partial charge in [0.05, 0.1) is 26.4 Å². The highest BCUT2D eigenvalue weighted by Gasteiger charge is 2.30. The van der Waals surface area contributed by atoms with Gasteiger partial charge in [-0.3, -0.25) is 37.3 Å². The second-order valence-corrected chi connectivity index (χ2v) is 34.9. The van der Waals surface area contributed by atoms with Crippen LogP contribution >= 0.6 is 15.6 Å². The molecule has 0 saturated carbocycles. The molecule has 0 amide bonds. The predicted molar refractivity (Wildman–Crippen MR) is 428 cm³/mol. The van der Waals surface area contributed by atoms with E-state index in [1.807, 2.05) is 0 Å². The first kappa shape index (κ1) is 102. The highest BCUT2D eigenvalue weighted by molar-refractivity contribution is 7.47. The van der Waals surface area contributed by atoms with Crippen molar-refractivity contribution in [3.8, 4) is 0 Å². The lowest BCUT2D eigenvalue weighted by molar-refractivity contribution is -0.161. The summed E-state index contributed by atoms with van der Waals surface area (Å²) in [6.45, 7) is 11.9. The molecular formula is C85H166O17P2. The molecule has 0 saturated heterocycles. The van der Waals surface area contributed by atoms with Gasteiger partial charge < -0.3 is 33.8 Å². The van der Waals surface area contributed by atoms with Crippen molar-refractivity contribution in [2.24, 2.45) is 17.8 Å². The highest BCUT2D eigenvalue weighted by atomic mass is 31.2. The molecule has 0 rings (SSSR count). The van der Waals surface area contributed by atoms with E-state index in [1.165, 1.54) is 250 Å². The van der Waals surface area contributed by atoms with Crippen molar-refractivity contribution < 1.29 is 80.2 Å². The Balaban J connectivity index is 5.23. The summed E-state index contributed by atoms with van der Waals surface area (Å²) in [5, 5.41) is 10.7. The first-order valence-electron chi connectivity index (χ1n) is 43.8. The van der Waals surface area contributed by atoms with Crippen molar-refractivity contribution in [2.45, 2.75) is 465 Å². The van der Waals surface area contributed by atoms with Gasteiger partial charge in [-0.1, -0.05) is 395 Å². The van der Waals surface area contributed by atoms with E-state index in [9.17, 15) is 43.2 Å². The van der Waals surface area contributed by atoms with Crippen LogP contribution in [-0.2, 0) is 65.4 Å². The number of phosphoric acid groups is 2. The number of ether oxygens (including phenoxy) is 4. The van der Waals surface area contributed by atoms with Gasteiger partial charge in [0.15, 0.2) is 12.2 Å². The maximum Gasteiger partial charge on any atom is 0.472 e. The van der Waals surface area contributed by atoms with Gasteiger partial charge in [0, 0.05) is 25.7 Å². The van der Waals surface area contributed by atoms with Crippen molar-refractivity contribution in [1.82, 2.24) is 0 Å². The average Bonchev–Trinajstić information content (AvgIpc) is 0.920. The van der Waals surface area contributed by atoms with Gasteiger partial charge in [0.25, 0.3) is 0 Å². The molecule has 0 aliphatic rings. The highest BCUT2D eigenvalue weighted by Crippen LogP contribution is 2.45. The minimum absolute atomic E-state index is 0.106. The Morgan fingerprint density at radius 1 is 0.260 bits per heavy atom. The first-order chi connectivity index (χ1) is 50.2. The molecule has 3 N–H and O–H groups in total. The summed E-state index contributed by atoms with van der Waals surface area (Å²) in [6, 6.07) is 0. The van der Waals surface area contributed by atoms with Crippen LogP contribution in [0, 0.1) is 17.8 Å². The lowest BCUT2D eigenvalue weighted by Gasteiger charge is -2.21. The Morgan fingerprint density at radius 2 is 0.442 bits per heavy atom. The largest absolute Gasteiger partial charge is 0.472 e. The van der Waals surface area contributed by atoms with Crippen molar-refractivity contribution >= 4 is 39.5 Å². The van der Waals surface area contributed by atoms with Crippen LogP contribution in [-0.4, -0.2) is 96.7 Å². The lowest BCUT2D eigenvalue weighted by atomic mass is 10.0. The smallest absolute Gasteiger partial charge is 0.462 e. The maximum absolute atomic E-state index is 13.1. The SMILES string of the molecule is CCCCCCCCCCCCCCCCCCCCCCCC(=O)O[C@H](COC(=O)CCCCCCCCCCCCCCCCCC(C)C)COP(=O)(O)OC[C@@H](O)COP(=O)(O)OC[C@@H](COC(=O)CCCCCCCCCC(C)C)OC(=O)CCCCCCCCCCCCCCC(C)C. The van der Waals surface area contributed by atoms with Crippen LogP contribution in [0.15, 0.2) is 0 Å². The second kappa shape index (κ2) is 75.1. The van der Waals surface area contributed by atoms with E-state index in [0.717, 1.165) is 108 Å². The molecule has 0 aromatic rings. The summed E-state index contributed by atoms with van der Waals surface area (Å²) < 4.78 is 68.8. The van der Waals surface area contributed by atoms with E-state index >= 15 is 0 Å². The first-order valence-corrected chi connectivity index (χ1v) is 46.8. The molecule has 0 aromatic heterocycles. The summed E-state index contributed by atoms with van der Waals surface area (Å²) in [7, 11) is -9.93. The summed E-state index contributed by atoms with van der Waals surface area (Å²) in [6.07, 6.45) is 65.4. The summed E-state index contributed by atoms with van der Waals surface area (Å²) in [5.41, 5.74) is 0. The number of aliphatic hydroxyl groups is 1. The van der Waals surface area contributed by atoms with Crippen LogP contribution in [0.2, 0.25) is 0 Å². The monoisotopic (exact) mass is 1520 g/mol. The quantitative estimate of drug-likeness (QED) is 0.0222. The van der Waals surface area contributed by atoms with Crippen molar-refractivity contribution in [2.75, 3.05) is 39.6 Å². The van der Waals surface area contributed by atoms with Crippen LogP contribution in [0.3, 0.4) is 0 Å². The fourth-order valence-electron chi connectivity index (χ4n) is 13.2. The number of hydrogen-bond donors (Lipinski definition) is 3. The molecule has 5 atom stereocenters. The fraction of sp³-hybridized carbons (Fsp3) is 0.953. The molecule has 2 unspecified atom stereocenters. The van der Waals surface area contributed by atoms with Gasteiger partial charge >= 0.3 is 39.5 Å². The van der Waals surface area contributed by atoms with Gasteiger partial charge in [-0.2, -0.15) is 0 Å². The van der Waals surface area contributed by atoms with Crippen molar-refractivity contribution in [3.63, 3.8) is 0 Å². The number of unbranched alkanes of at least 4 members (excludes halogenated alkanes) is 51. The molecule has 0 heterocycles. The molecular weight excluding hydrogens is 1350 g/mol. The topological polar surface area (TPSA) is 237 Å². The molecule has 104 heavy (non-hydrogen) atoms. The Morgan fingerprint density at radius 3 is 0.654 bits per heavy atom. The van der Waals surface area contributed by atoms with E-state index in [1.54, 1.807) is 0 Å². The van der Waals surface area contributed by atoms with Crippen molar-refractivity contribution in [1.29, 1.82) is 0 Å². The van der Waals surface area contributed by atoms with E-state index < -0.39 is 97.5 Å². The number of hydrogen-bond acceptors (Lipinski definition) is 15. The Bertz CT molecular complexity index is 2010. The number of aliphatic hydroxyl groups excluding tert-OH is 1. The van der Waals surface area contributed by atoms with Gasteiger partial charge in [0.1, 0.15) is 19.3 Å². The molecule has 618 valence electrons. The van der Waals surface area contributed by atoms with E-state index in [4.69, 9.17) is 37.0 Å². The van der Waals surface area contributed by atoms with Crippen LogP contribution < -0.4 is 0 Å². The molecule has 0 aromatic carbocycles. The average molecular weight is 1520 g/mol. The van der Waals surface area contributed by atoms with Gasteiger partial charge in [-0.05, 0) is 43.4 Å². The zero-order valence-electron chi connectivity index (χ0n) is 68.5. The molecule has 17 nitrogen and oxygen atoms in total. The minimum Gasteiger partial charge on any atom is -0.462 e. The summed E-state index contributed by atoms with van der Waals surface area (Å²) in [5.74, 6) is 0.180. The number of rotatable bonds is 83.